The van der Waals surface area contributed by atoms with Crippen LogP contribution in [0.4, 0.5) is 16.3 Å². The molecule has 0 spiro atoms. The molecule has 2 aromatic carbocycles. The summed E-state index contributed by atoms with van der Waals surface area (Å²) in [6.45, 7) is 6.97. The number of halogens is 1. The van der Waals surface area contributed by atoms with Crippen molar-refractivity contribution >= 4 is 46.0 Å². The molecule has 1 fully saturated rings. The number of hydrogen-bond donors (Lipinski definition) is 2. The van der Waals surface area contributed by atoms with Crippen LogP contribution in [0, 0.1) is 5.92 Å². The zero-order valence-corrected chi connectivity index (χ0v) is 21.5. The monoisotopic (exact) mass is 510 g/mol. The highest BCUT2D eigenvalue weighted by atomic mass is 35.5. The zero-order chi connectivity index (χ0) is 25.7. The Morgan fingerprint density at radius 2 is 1.72 bits per heavy atom. The van der Waals surface area contributed by atoms with Gasteiger partial charge in [0.25, 0.3) is 0 Å². The van der Waals surface area contributed by atoms with E-state index < -0.39 is 6.04 Å². The molecule has 36 heavy (non-hydrogen) atoms. The van der Waals surface area contributed by atoms with Crippen LogP contribution in [0.5, 0.6) is 0 Å². The number of nitrogens with one attached hydrogen (secondary N) is 2. The van der Waals surface area contributed by atoms with Crippen molar-refractivity contribution in [1.82, 2.24) is 19.8 Å². The number of carbonyl (C=O) groups excluding carboxylic acids is 2. The van der Waals surface area contributed by atoms with Crippen molar-refractivity contribution in [1.29, 1.82) is 0 Å². The lowest BCUT2D eigenvalue weighted by atomic mass is 10.0. The molecule has 0 aliphatic carbocycles. The minimum absolute atomic E-state index is 0.0135. The second-order valence-electron chi connectivity index (χ2n) is 9.07. The molecule has 0 radical (unpaired) electrons. The van der Waals surface area contributed by atoms with Gasteiger partial charge in [0, 0.05) is 31.6 Å². The zero-order valence-electron chi connectivity index (χ0n) is 20.7. The van der Waals surface area contributed by atoms with Crippen molar-refractivity contribution in [3.8, 4) is 0 Å². The first-order chi connectivity index (χ1) is 17.4. The minimum atomic E-state index is -0.527. The fourth-order valence-corrected chi connectivity index (χ4v) is 4.33. The molecule has 1 atom stereocenters. The van der Waals surface area contributed by atoms with E-state index in [9.17, 15) is 9.59 Å². The van der Waals surface area contributed by atoms with Crippen molar-refractivity contribution < 1.29 is 14.3 Å². The summed E-state index contributed by atoms with van der Waals surface area (Å²) in [5.41, 5.74) is 1.40. The van der Waals surface area contributed by atoms with Crippen molar-refractivity contribution in [2.45, 2.75) is 26.4 Å². The van der Waals surface area contributed by atoms with Crippen LogP contribution >= 0.6 is 11.6 Å². The summed E-state index contributed by atoms with van der Waals surface area (Å²) in [7, 11) is 1.39. The predicted octanol–water partition coefficient (Wildman–Crippen LogP) is 4.24. The molecule has 1 aliphatic rings. The number of ether oxygens (including phenoxy) is 1. The molecule has 1 aromatic heterocycles. The van der Waals surface area contributed by atoms with E-state index in [0.717, 1.165) is 10.9 Å². The van der Waals surface area contributed by atoms with E-state index >= 15 is 0 Å². The summed E-state index contributed by atoms with van der Waals surface area (Å²) < 4.78 is 4.99. The van der Waals surface area contributed by atoms with Crippen molar-refractivity contribution in [2.75, 3.05) is 43.9 Å². The van der Waals surface area contributed by atoms with Gasteiger partial charge in [0.1, 0.15) is 17.7 Å². The molecule has 0 bridgehead atoms. The molecular formula is C26H31ClN6O3. The Morgan fingerprint density at radius 3 is 2.42 bits per heavy atom. The Bertz CT molecular complexity index is 1230. The number of methoxy groups -OCH3 is 1. The Kier molecular flexibility index (Phi) is 8.22. The van der Waals surface area contributed by atoms with E-state index in [0.29, 0.717) is 55.1 Å². The van der Waals surface area contributed by atoms with E-state index in [4.69, 9.17) is 26.3 Å². The third-order valence-electron chi connectivity index (χ3n) is 6.20. The predicted molar refractivity (Wildman–Crippen MR) is 141 cm³/mol. The number of amides is 2. The van der Waals surface area contributed by atoms with Gasteiger partial charge >= 0.3 is 12.0 Å². The standard InChI is InChI=1S/C26H31ClN6O3/c1-17(2)23(25(34)36-3)31-24-18-8-4-6-10-20(18)28-22(30-24)16-32-12-14-33(15-13-32)26(35)29-21-11-7-5-9-19(21)27/h4-11,17,23H,12-16H2,1-3H3,(H,29,35)(H,28,30,31)/t23-/m0/s1. The maximum atomic E-state index is 12.7. The van der Waals surface area contributed by atoms with Gasteiger partial charge in [-0.2, -0.15) is 0 Å². The molecule has 2 heterocycles. The van der Waals surface area contributed by atoms with Crippen LogP contribution in [0.3, 0.4) is 0 Å². The van der Waals surface area contributed by atoms with Crippen LogP contribution in [-0.2, 0) is 16.1 Å². The first-order valence-electron chi connectivity index (χ1n) is 12.0. The number of para-hydroxylation sites is 2. The summed E-state index contributed by atoms with van der Waals surface area (Å²) in [5.74, 6) is 0.940. The molecule has 10 heteroatoms. The highest BCUT2D eigenvalue weighted by Crippen LogP contribution is 2.24. The van der Waals surface area contributed by atoms with E-state index in [2.05, 4.69) is 15.5 Å². The molecule has 1 aliphatic heterocycles. The Morgan fingerprint density at radius 1 is 1.03 bits per heavy atom. The molecule has 4 rings (SSSR count). The third-order valence-corrected chi connectivity index (χ3v) is 6.53. The van der Waals surface area contributed by atoms with Gasteiger partial charge in [0.05, 0.1) is 29.9 Å². The average molecular weight is 511 g/mol. The maximum absolute atomic E-state index is 12.7. The molecule has 2 amide bonds. The normalized spacial score (nSPS) is 15.1. The van der Waals surface area contributed by atoms with E-state index in [1.165, 1.54) is 7.11 Å². The van der Waals surface area contributed by atoms with E-state index in [-0.39, 0.29) is 17.9 Å². The SMILES string of the molecule is COC(=O)[C@@H](Nc1nc(CN2CCN(C(=O)Nc3ccccc3Cl)CC2)nc2ccccc12)C(C)C. The fraction of sp³-hybridized carbons (Fsp3) is 0.385. The molecule has 190 valence electrons. The summed E-state index contributed by atoms with van der Waals surface area (Å²) in [4.78, 5) is 38.5. The molecule has 2 N–H and O–H groups in total. The lowest BCUT2D eigenvalue weighted by molar-refractivity contribution is -0.142. The number of esters is 1. The van der Waals surface area contributed by atoms with Crippen molar-refractivity contribution in [3.05, 3.63) is 59.4 Å². The number of benzene rings is 2. The highest BCUT2D eigenvalue weighted by Gasteiger charge is 2.26. The van der Waals surface area contributed by atoms with Gasteiger partial charge in [-0.25, -0.2) is 19.6 Å². The molecule has 3 aromatic rings. The molecule has 9 nitrogen and oxygen atoms in total. The molecule has 0 unspecified atom stereocenters. The topological polar surface area (TPSA) is 99.7 Å². The smallest absolute Gasteiger partial charge is 0.328 e. The highest BCUT2D eigenvalue weighted by molar-refractivity contribution is 6.33. The third kappa shape index (κ3) is 6.03. The fourth-order valence-electron chi connectivity index (χ4n) is 4.14. The molecule has 1 saturated heterocycles. The van der Waals surface area contributed by atoms with Gasteiger partial charge in [-0.3, -0.25) is 4.90 Å². The number of hydrogen-bond acceptors (Lipinski definition) is 7. The number of nitrogens with zero attached hydrogens (tertiary/aromatic N) is 4. The largest absolute Gasteiger partial charge is 0.467 e. The summed E-state index contributed by atoms with van der Waals surface area (Å²) >= 11 is 6.16. The number of aromatic nitrogens is 2. The van der Waals surface area contributed by atoms with Crippen LogP contribution in [0.15, 0.2) is 48.5 Å². The van der Waals surface area contributed by atoms with Crippen LogP contribution in [0.25, 0.3) is 10.9 Å². The summed E-state index contributed by atoms with van der Waals surface area (Å²) in [6.07, 6.45) is 0. The Balaban J connectivity index is 1.44. The van der Waals surface area contributed by atoms with E-state index in [1.807, 2.05) is 50.2 Å². The van der Waals surface area contributed by atoms with Gasteiger partial charge in [-0.1, -0.05) is 49.7 Å². The van der Waals surface area contributed by atoms with Crippen LogP contribution in [-0.4, -0.2) is 71.1 Å². The minimum Gasteiger partial charge on any atom is -0.467 e. The van der Waals surface area contributed by atoms with Gasteiger partial charge in [0.15, 0.2) is 0 Å². The number of carbonyl (C=O) groups is 2. The summed E-state index contributed by atoms with van der Waals surface area (Å²) in [5, 5.41) is 7.52. The lowest BCUT2D eigenvalue weighted by Crippen LogP contribution is -2.49. The van der Waals surface area contributed by atoms with E-state index in [1.54, 1.807) is 17.0 Å². The van der Waals surface area contributed by atoms with Gasteiger partial charge in [-0.15, -0.1) is 0 Å². The summed E-state index contributed by atoms with van der Waals surface area (Å²) in [6, 6.07) is 14.2. The number of urea groups is 1. The Hall–Kier alpha value is -3.43. The van der Waals surface area contributed by atoms with Crippen molar-refractivity contribution in [3.63, 3.8) is 0 Å². The first-order valence-corrected chi connectivity index (χ1v) is 12.4. The number of rotatable bonds is 7. The molecule has 0 saturated carbocycles. The average Bonchev–Trinajstić information content (AvgIpc) is 2.88. The van der Waals surface area contributed by atoms with Crippen molar-refractivity contribution in [2.24, 2.45) is 5.92 Å². The van der Waals surface area contributed by atoms with Crippen LogP contribution in [0.2, 0.25) is 5.02 Å². The quantitative estimate of drug-likeness (QED) is 0.458. The maximum Gasteiger partial charge on any atom is 0.328 e. The molecular weight excluding hydrogens is 480 g/mol. The van der Waals surface area contributed by atoms with Gasteiger partial charge in [-0.05, 0) is 30.2 Å². The number of piperazine rings is 1. The second kappa shape index (κ2) is 11.5. The van der Waals surface area contributed by atoms with Crippen LogP contribution < -0.4 is 10.6 Å². The number of fused-ring (bicyclic) bond motifs is 1. The number of anilines is 2. The van der Waals surface area contributed by atoms with Gasteiger partial charge < -0.3 is 20.3 Å². The van der Waals surface area contributed by atoms with Crippen LogP contribution in [0.1, 0.15) is 19.7 Å². The van der Waals surface area contributed by atoms with Gasteiger partial charge in [0.2, 0.25) is 0 Å². The first kappa shape index (κ1) is 25.7. The Labute approximate surface area is 215 Å². The second-order valence-corrected chi connectivity index (χ2v) is 9.48. The lowest BCUT2D eigenvalue weighted by Gasteiger charge is -2.34.